The van der Waals surface area contributed by atoms with Gasteiger partial charge in [0.05, 0.1) is 12.2 Å². The lowest BCUT2D eigenvalue weighted by atomic mass is 10.3. The summed E-state index contributed by atoms with van der Waals surface area (Å²) in [7, 11) is 0. The number of piperazine rings is 1. The molecule has 1 fully saturated rings. The van der Waals surface area contributed by atoms with Gasteiger partial charge >= 0.3 is 6.18 Å². The highest BCUT2D eigenvalue weighted by Crippen LogP contribution is 2.20. The van der Waals surface area contributed by atoms with Gasteiger partial charge in [0.2, 0.25) is 0 Å². The third-order valence-corrected chi connectivity index (χ3v) is 2.79. The first-order valence-corrected chi connectivity index (χ1v) is 5.66. The Hall–Kier alpha value is -1.28. The van der Waals surface area contributed by atoms with Crippen molar-refractivity contribution < 1.29 is 17.6 Å². The smallest absolute Gasteiger partial charge is 0.401 e. The minimum atomic E-state index is -4.14. The van der Waals surface area contributed by atoms with E-state index in [1.54, 1.807) is 0 Å². The quantitative estimate of drug-likeness (QED) is 0.875. The standard InChI is InChI=1S/C10H15F3N4O/c11-10(12,13)7-16-1-3-17(4-2-16)9-15-8(5-14)6-18-9/h6H,1-5,7,14H2. The van der Waals surface area contributed by atoms with Gasteiger partial charge in [-0.05, 0) is 0 Å². The Balaban J connectivity index is 1.86. The minimum Gasteiger partial charge on any atom is -0.432 e. The number of oxazole rings is 1. The molecule has 8 heteroatoms. The average molecular weight is 264 g/mol. The number of nitrogens with zero attached hydrogens (tertiary/aromatic N) is 3. The molecular formula is C10H15F3N4O. The fourth-order valence-corrected chi connectivity index (χ4v) is 1.89. The Kier molecular flexibility index (Phi) is 3.76. The molecule has 102 valence electrons. The first-order chi connectivity index (χ1) is 8.48. The fraction of sp³-hybridized carbons (Fsp3) is 0.700. The summed E-state index contributed by atoms with van der Waals surface area (Å²) in [4.78, 5) is 7.35. The normalized spacial score (nSPS) is 18.3. The van der Waals surface area contributed by atoms with E-state index in [0.717, 1.165) is 0 Å². The summed E-state index contributed by atoms with van der Waals surface area (Å²) in [5.74, 6) is 0. The lowest BCUT2D eigenvalue weighted by Gasteiger charge is -2.34. The van der Waals surface area contributed by atoms with Crippen molar-refractivity contribution in [1.82, 2.24) is 9.88 Å². The molecule has 1 aliphatic heterocycles. The van der Waals surface area contributed by atoms with E-state index in [0.29, 0.717) is 37.9 Å². The van der Waals surface area contributed by atoms with Gasteiger partial charge in [0.15, 0.2) is 0 Å². The highest BCUT2D eigenvalue weighted by Gasteiger charge is 2.32. The van der Waals surface area contributed by atoms with Crippen LogP contribution in [0.1, 0.15) is 5.69 Å². The Morgan fingerprint density at radius 1 is 1.28 bits per heavy atom. The average Bonchev–Trinajstić information content (AvgIpc) is 2.76. The summed E-state index contributed by atoms with van der Waals surface area (Å²) in [5, 5.41) is 0. The molecule has 0 aromatic carbocycles. The summed E-state index contributed by atoms with van der Waals surface area (Å²) in [5.41, 5.74) is 6.05. The van der Waals surface area contributed by atoms with E-state index < -0.39 is 12.7 Å². The van der Waals surface area contributed by atoms with Crippen LogP contribution in [0.25, 0.3) is 0 Å². The van der Waals surface area contributed by atoms with Crippen LogP contribution in [-0.2, 0) is 6.54 Å². The molecule has 0 spiro atoms. The predicted octanol–water partition coefficient (Wildman–Crippen LogP) is 0.818. The van der Waals surface area contributed by atoms with Crippen molar-refractivity contribution in [2.24, 2.45) is 5.73 Å². The van der Waals surface area contributed by atoms with Crippen LogP contribution >= 0.6 is 0 Å². The second-order valence-corrected chi connectivity index (χ2v) is 4.20. The molecule has 0 atom stereocenters. The van der Waals surface area contributed by atoms with E-state index in [4.69, 9.17) is 10.2 Å². The van der Waals surface area contributed by atoms with Crippen molar-refractivity contribution in [2.45, 2.75) is 12.7 Å². The highest BCUT2D eigenvalue weighted by atomic mass is 19.4. The van der Waals surface area contributed by atoms with E-state index in [2.05, 4.69) is 4.98 Å². The van der Waals surface area contributed by atoms with Gasteiger partial charge in [0.1, 0.15) is 6.26 Å². The number of nitrogens with two attached hydrogens (primary N) is 1. The van der Waals surface area contributed by atoms with Gasteiger partial charge in [-0.15, -0.1) is 0 Å². The zero-order valence-electron chi connectivity index (χ0n) is 9.78. The molecule has 0 unspecified atom stereocenters. The van der Waals surface area contributed by atoms with Gasteiger partial charge in [0, 0.05) is 32.7 Å². The molecule has 2 N–H and O–H groups in total. The maximum atomic E-state index is 12.2. The van der Waals surface area contributed by atoms with Crippen LogP contribution in [0.15, 0.2) is 10.7 Å². The predicted molar refractivity (Wildman–Crippen MR) is 59.1 cm³/mol. The van der Waals surface area contributed by atoms with Crippen LogP contribution < -0.4 is 10.6 Å². The minimum absolute atomic E-state index is 0.289. The van der Waals surface area contributed by atoms with Gasteiger partial charge in [-0.1, -0.05) is 0 Å². The Morgan fingerprint density at radius 2 is 1.94 bits per heavy atom. The molecule has 2 rings (SSSR count). The number of aromatic nitrogens is 1. The van der Waals surface area contributed by atoms with E-state index in [1.165, 1.54) is 11.2 Å². The van der Waals surface area contributed by atoms with Crippen LogP contribution in [0, 0.1) is 0 Å². The SMILES string of the molecule is NCc1coc(N2CCN(CC(F)(F)F)CC2)n1. The summed E-state index contributed by atoms with van der Waals surface area (Å²) >= 11 is 0. The lowest BCUT2D eigenvalue weighted by Crippen LogP contribution is -2.49. The molecule has 0 amide bonds. The number of hydrogen-bond acceptors (Lipinski definition) is 5. The van der Waals surface area contributed by atoms with Crippen LogP contribution in [0.5, 0.6) is 0 Å². The zero-order valence-corrected chi connectivity index (χ0v) is 9.78. The van der Waals surface area contributed by atoms with Crippen LogP contribution in [0.3, 0.4) is 0 Å². The van der Waals surface area contributed by atoms with Gasteiger partial charge in [-0.2, -0.15) is 18.2 Å². The van der Waals surface area contributed by atoms with Gasteiger partial charge < -0.3 is 15.1 Å². The molecule has 0 radical (unpaired) electrons. The van der Waals surface area contributed by atoms with Crippen molar-refractivity contribution in [2.75, 3.05) is 37.6 Å². The monoisotopic (exact) mass is 264 g/mol. The lowest BCUT2D eigenvalue weighted by molar-refractivity contribution is -0.146. The van der Waals surface area contributed by atoms with Crippen molar-refractivity contribution in [3.05, 3.63) is 12.0 Å². The molecule has 1 aromatic heterocycles. The number of anilines is 1. The van der Waals surface area contributed by atoms with Crippen molar-refractivity contribution >= 4 is 6.01 Å². The molecule has 1 aliphatic rings. The molecule has 0 bridgehead atoms. The highest BCUT2D eigenvalue weighted by molar-refractivity contribution is 5.27. The first-order valence-electron chi connectivity index (χ1n) is 5.66. The third-order valence-electron chi connectivity index (χ3n) is 2.79. The van der Waals surface area contributed by atoms with Gasteiger partial charge in [0.25, 0.3) is 6.01 Å². The fourth-order valence-electron chi connectivity index (χ4n) is 1.89. The Bertz CT molecular complexity index is 385. The van der Waals surface area contributed by atoms with Gasteiger partial charge in [-0.3, -0.25) is 4.90 Å². The number of hydrogen-bond donors (Lipinski definition) is 1. The Labute approximate surface area is 102 Å². The van der Waals surface area contributed by atoms with Gasteiger partial charge in [-0.25, -0.2) is 0 Å². The molecule has 2 heterocycles. The second kappa shape index (κ2) is 5.15. The van der Waals surface area contributed by atoms with Crippen LogP contribution in [0.2, 0.25) is 0 Å². The second-order valence-electron chi connectivity index (χ2n) is 4.20. The maximum absolute atomic E-state index is 12.2. The first kappa shape index (κ1) is 13.2. The van der Waals surface area contributed by atoms with Crippen LogP contribution in [-0.4, -0.2) is 48.8 Å². The molecule has 18 heavy (non-hydrogen) atoms. The third kappa shape index (κ3) is 3.36. The molecule has 0 saturated carbocycles. The largest absolute Gasteiger partial charge is 0.432 e. The Morgan fingerprint density at radius 3 is 2.44 bits per heavy atom. The van der Waals surface area contributed by atoms with E-state index >= 15 is 0 Å². The summed E-state index contributed by atoms with van der Waals surface area (Å²) < 4.78 is 41.9. The number of rotatable bonds is 3. The molecule has 1 aromatic rings. The number of alkyl halides is 3. The zero-order chi connectivity index (χ0) is 13.2. The van der Waals surface area contributed by atoms with E-state index in [-0.39, 0.29) is 6.54 Å². The van der Waals surface area contributed by atoms with Crippen molar-refractivity contribution in [3.8, 4) is 0 Å². The molecule has 1 saturated heterocycles. The number of halogens is 3. The summed E-state index contributed by atoms with van der Waals surface area (Å²) in [6.07, 6.45) is -2.67. The molecule has 0 aliphatic carbocycles. The summed E-state index contributed by atoms with van der Waals surface area (Å²) in [6.45, 7) is 1.07. The van der Waals surface area contributed by atoms with E-state index in [9.17, 15) is 13.2 Å². The van der Waals surface area contributed by atoms with Crippen molar-refractivity contribution in [3.63, 3.8) is 0 Å². The molecular weight excluding hydrogens is 249 g/mol. The maximum Gasteiger partial charge on any atom is 0.401 e. The topological polar surface area (TPSA) is 58.5 Å². The van der Waals surface area contributed by atoms with E-state index in [1.807, 2.05) is 4.90 Å². The van der Waals surface area contributed by atoms with Crippen LogP contribution in [0.4, 0.5) is 19.2 Å². The molecule has 5 nitrogen and oxygen atoms in total. The summed E-state index contributed by atoms with van der Waals surface area (Å²) in [6, 6.07) is 0.433. The van der Waals surface area contributed by atoms with Crippen molar-refractivity contribution in [1.29, 1.82) is 0 Å².